The Kier molecular flexibility index (Phi) is 5.93. The molecule has 0 spiro atoms. The van der Waals surface area contributed by atoms with Gasteiger partial charge < -0.3 is 5.32 Å². The summed E-state index contributed by atoms with van der Waals surface area (Å²) in [6, 6.07) is 13.4. The minimum Gasteiger partial charge on any atom is -0.318 e. The number of hydrazone groups is 1. The van der Waals surface area contributed by atoms with E-state index in [0.717, 1.165) is 16.7 Å². The summed E-state index contributed by atoms with van der Waals surface area (Å²) in [5, 5.41) is 6.40. The number of carbonyl (C=O) groups excluding carboxylic acids is 2. The molecule has 5 nitrogen and oxygen atoms in total. The maximum absolute atomic E-state index is 11.9. The zero-order valence-electron chi connectivity index (χ0n) is 15.9. The number of carbonyl (C=O) groups is 2. The highest BCUT2D eigenvalue weighted by atomic mass is 16.2. The normalized spacial score (nSPS) is 11.4. The average molecular weight is 351 g/mol. The number of nitrogens with one attached hydrogen (secondary N) is 2. The van der Waals surface area contributed by atoms with E-state index in [1.54, 1.807) is 6.07 Å². The molecule has 2 aromatic carbocycles. The highest BCUT2D eigenvalue weighted by Gasteiger charge is 2.14. The predicted octanol–water partition coefficient (Wildman–Crippen LogP) is 3.69. The van der Waals surface area contributed by atoms with Crippen LogP contribution in [0, 0.1) is 13.8 Å². The molecule has 0 heterocycles. The van der Waals surface area contributed by atoms with Crippen LogP contribution in [-0.2, 0) is 15.0 Å². The lowest BCUT2D eigenvalue weighted by Gasteiger charge is -2.18. The summed E-state index contributed by atoms with van der Waals surface area (Å²) < 4.78 is 0. The zero-order valence-corrected chi connectivity index (χ0v) is 15.9. The van der Waals surface area contributed by atoms with E-state index in [-0.39, 0.29) is 5.41 Å². The van der Waals surface area contributed by atoms with Crippen molar-refractivity contribution in [2.24, 2.45) is 5.10 Å². The lowest BCUT2D eigenvalue weighted by Crippen LogP contribution is -2.32. The summed E-state index contributed by atoms with van der Waals surface area (Å²) in [6.45, 7) is 10.4. The van der Waals surface area contributed by atoms with Gasteiger partial charge in [0, 0.05) is 5.69 Å². The van der Waals surface area contributed by atoms with Crippen molar-refractivity contribution in [3.63, 3.8) is 0 Å². The summed E-state index contributed by atoms with van der Waals surface area (Å²) in [6.07, 6.45) is 1.51. The Hall–Kier alpha value is -2.95. The van der Waals surface area contributed by atoms with E-state index in [2.05, 4.69) is 36.6 Å². The second kappa shape index (κ2) is 7.95. The molecule has 0 saturated heterocycles. The number of rotatable bonds is 3. The van der Waals surface area contributed by atoms with Gasteiger partial charge in [0.25, 0.3) is 0 Å². The summed E-state index contributed by atoms with van der Waals surface area (Å²) in [7, 11) is 0. The van der Waals surface area contributed by atoms with Gasteiger partial charge in [-0.15, -0.1) is 0 Å². The number of anilines is 1. The molecule has 2 rings (SSSR count). The van der Waals surface area contributed by atoms with Crippen LogP contribution in [-0.4, -0.2) is 18.0 Å². The smallest absolute Gasteiger partial charge is 0.318 e. The lowest BCUT2D eigenvalue weighted by molar-refractivity contribution is -0.136. The Bertz CT molecular complexity index is 831. The predicted molar refractivity (Wildman–Crippen MR) is 105 cm³/mol. The van der Waals surface area contributed by atoms with Gasteiger partial charge in [-0.25, -0.2) is 5.43 Å². The fraction of sp³-hybridized carbons (Fsp3) is 0.286. The first kappa shape index (κ1) is 19.4. The van der Waals surface area contributed by atoms with E-state index in [4.69, 9.17) is 0 Å². The molecule has 0 aromatic heterocycles. The van der Waals surface area contributed by atoms with Crippen LogP contribution in [0.1, 0.15) is 43.0 Å². The topological polar surface area (TPSA) is 70.6 Å². The first-order valence-electron chi connectivity index (χ1n) is 8.49. The SMILES string of the molecule is Cc1ccc(NC(=O)C(=O)NN=Cc2ccc(C(C)(C)C)cc2)cc1C. The fourth-order valence-electron chi connectivity index (χ4n) is 2.29. The summed E-state index contributed by atoms with van der Waals surface area (Å²) in [5.74, 6) is -1.57. The van der Waals surface area contributed by atoms with E-state index >= 15 is 0 Å². The molecule has 0 aliphatic carbocycles. The molecular weight excluding hydrogens is 326 g/mol. The maximum Gasteiger partial charge on any atom is 0.329 e. The van der Waals surface area contributed by atoms with Gasteiger partial charge in [0.2, 0.25) is 0 Å². The van der Waals surface area contributed by atoms with Crippen LogP contribution in [0.4, 0.5) is 5.69 Å². The van der Waals surface area contributed by atoms with Crippen molar-refractivity contribution in [2.45, 2.75) is 40.0 Å². The van der Waals surface area contributed by atoms with Gasteiger partial charge in [0.05, 0.1) is 6.21 Å². The molecule has 2 aromatic rings. The van der Waals surface area contributed by atoms with Crippen LogP contribution in [0.15, 0.2) is 47.6 Å². The molecule has 26 heavy (non-hydrogen) atoms. The van der Waals surface area contributed by atoms with E-state index < -0.39 is 11.8 Å². The minimum absolute atomic E-state index is 0.0797. The van der Waals surface area contributed by atoms with Gasteiger partial charge in [-0.2, -0.15) is 5.10 Å². The molecule has 0 unspecified atom stereocenters. The molecule has 0 aliphatic heterocycles. The van der Waals surface area contributed by atoms with E-state index in [0.29, 0.717) is 5.69 Å². The Morgan fingerprint density at radius 3 is 2.15 bits per heavy atom. The van der Waals surface area contributed by atoms with Gasteiger partial charge in [0.15, 0.2) is 0 Å². The van der Waals surface area contributed by atoms with Crippen molar-refractivity contribution in [3.05, 3.63) is 64.7 Å². The van der Waals surface area contributed by atoms with Crippen LogP contribution >= 0.6 is 0 Å². The van der Waals surface area contributed by atoms with Crippen LogP contribution < -0.4 is 10.7 Å². The molecule has 5 heteroatoms. The van der Waals surface area contributed by atoms with Crippen LogP contribution in [0.5, 0.6) is 0 Å². The third-order valence-corrected chi connectivity index (χ3v) is 4.13. The second-order valence-electron chi connectivity index (χ2n) is 7.32. The van der Waals surface area contributed by atoms with Gasteiger partial charge in [-0.05, 0) is 53.6 Å². The fourth-order valence-corrected chi connectivity index (χ4v) is 2.29. The third kappa shape index (κ3) is 5.28. The quantitative estimate of drug-likeness (QED) is 0.503. The number of hydrogen-bond acceptors (Lipinski definition) is 3. The first-order chi connectivity index (χ1) is 12.2. The number of aryl methyl sites for hydroxylation is 2. The Morgan fingerprint density at radius 2 is 1.58 bits per heavy atom. The molecule has 0 aliphatic rings. The van der Waals surface area contributed by atoms with E-state index in [1.807, 2.05) is 50.2 Å². The molecule has 136 valence electrons. The van der Waals surface area contributed by atoms with E-state index in [1.165, 1.54) is 11.8 Å². The largest absolute Gasteiger partial charge is 0.329 e. The highest BCUT2D eigenvalue weighted by Crippen LogP contribution is 2.21. The first-order valence-corrected chi connectivity index (χ1v) is 8.49. The molecular formula is C21H25N3O2. The minimum atomic E-state index is -0.814. The molecule has 0 fully saturated rings. The Balaban J connectivity index is 1.91. The van der Waals surface area contributed by atoms with Gasteiger partial charge in [-0.1, -0.05) is 51.1 Å². The van der Waals surface area contributed by atoms with Gasteiger partial charge in [0.1, 0.15) is 0 Å². The van der Waals surface area contributed by atoms with Gasteiger partial charge >= 0.3 is 11.8 Å². The van der Waals surface area contributed by atoms with Crippen LogP contribution in [0.2, 0.25) is 0 Å². The Labute approximate surface area is 154 Å². The van der Waals surface area contributed by atoms with Crippen LogP contribution in [0.25, 0.3) is 0 Å². The monoisotopic (exact) mass is 351 g/mol. The van der Waals surface area contributed by atoms with Crippen molar-refractivity contribution < 1.29 is 9.59 Å². The van der Waals surface area contributed by atoms with E-state index in [9.17, 15) is 9.59 Å². The maximum atomic E-state index is 11.9. The molecule has 0 bridgehead atoms. The average Bonchev–Trinajstić information content (AvgIpc) is 2.57. The van der Waals surface area contributed by atoms with Crippen molar-refractivity contribution in [1.29, 1.82) is 0 Å². The standard InChI is InChI=1S/C21H25N3O2/c1-14-6-11-18(12-15(14)2)23-19(25)20(26)24-22-13-16-7-9-17(10-8-16)21(3,4)5/h6-13H,1-5H3,(H,23,25)(H,24,26). The Morgan fingerprint density at radius 1 is 0.923 bits per heavy atom. The second-order valence-corrected chi connectivity index (χ2v) is 7.32. The highest BCUT2D eigenvalue weighted by molar-refractivity contribution is 6.39. The number of hydrogen-bond donors (Lipinski definition) is 2. The van der Waals surface area contributed by atoms with Crippen LogP contribution in [0.3, 0.4) is 0 Å². The van der Waals surface area contributed by atoms with Crippen molar-refractivity contribution in [3.8, 4) is 0 Å². The number of amides is 2. The van der Waals surface area contributed by atoms with Crippen molar-refractivity contribution >= 4 is 23.7 Å². The summed E-state index contributed by atoms with van der Waals surface area (Å²) in [4.78, 5) is 23.7. The molecule has 2 N–H and O–H groups in total. The number of benzene rings is 2. The molecule has 0 atom stereocenters. The summed E-state index contributed by atoms with van der Waals surface area (Å²) in [5.41, 5.74) is 7.12. The van der Waals surface area contributed by atoms with Crippen molar-refractivity contribution in [1.82, 2.24) is 5.43 Å². The lowest BCUT2D eigenvalue weighted by atomic mass is 9.87. The summed E-state index contributed by atoms with van der Waals surface area (Å²) >= 11 is 0. The number of nitrogens with zero attached hydrogens (tertiary/aromatic N) is 1. The third-order valence-electron chi connectivity index (χ3n) is 4.13. The van der Waals surface area contributed by atoms with Gasteiger partial charge in [-0.3, -0.25) is 9.59 Å². The molecule has 2 amide bonds. The zero-order chi connectivity index (χ0) is 19.3. The van der Waals surface area contributed by atoms with Crippen molar-refractivity contribution in [2.75, 3.05) is 5.32 Å². The molecule has 0 saturated carbocycles. The molecule has 0 radical (unpaired) electrons.